The van der Waals surface area contributed by atoms with Gasteiger partial charge in [0.2, 0.25) is 0 Å². The number of carbonyl (C=O) groups excluding carboxylic acids is 2. The SMILES string of the molecule is COc1ccc(C(=O)Nc2[nH]c(Cc3ccccc3)cc2C(N)=O)cc1COc1cccc(Cl)c1. The zero-order valence-corrected chi connectivity index (χ0v) is 19.8. The number of nitrogens with one attached hydrogen (secondary N) is 2. The second-order valence-corrected chi connectivity index (χ2v) is 8.27. The monoisotopic (exact) mass is 489 g/mol. The summed E-state index contributed by atoms with van der Waals surface area (Å²) in [6.07, 6.45) is 0.560. The highest BCUT2D eigenvalue weighted by Crippen LogP contribution is 2.25. The Labute approximate surface area is 207 Å². The van der Waals surface area contributed by atoms with E-state index in [1.807, 2.05) is 30.3 Å². The lowest BCUT2D eigenvalue weighted by Gasteiger charge is -2.12. The molecule has 0 bridgehead atoms. The molecule has 8 heteroatoms. The molecule has 0 saturated carbocycles. The molecule has 2 amide bonds. The molecule has 4 rings (SSSR count). The van der Waals surface area contributed by atoms with Crippen molar-refractivity contribution in [3.8, 4) is 11.5 Å². The first-order valence-electron chi connectivity index (χ1n) is 10.8. The molecule has 0 aliphatic carbocycles. The highest BCUT2D eigenvalue weighted by Gasteiger charge is 2.18. The first-order valence-corrected chi connectivity index (χ1v) is 11.2. The van der Waals surface area contributed by atoms with Crippen molar-refractivity contribution in [2.45, 2.75) is 13.0 Å². The number of methoxy groups -OCH3 is 1. The Balaban J connectivity index is 1.53. The number of benzene rings is 3. The van der Waals surface area contributed by atoms with Crippen LogP contribution in [0.2, 0.25) is 5.02 Å². The minimum absolute atomic E-state index is 0.168. The van der Waals surface area contributed by atoms with Gasteiger partial charge in [0, 0.05) is 28.3 Å². The van der Waals surface area contributed by atoms with Crippen LogP contribution < -0.4 is 20.5 Å². The summed E-state index contributed by atoms with van der Waals surface area (Å²) in [5.74, 6) is 0.374. The minimum Gasteiger partial charge on any atom is -0.496 e. The maximum absolute atomic E-state index is 13.0. The van der Waals surface area contributed by atoms with Gasteiger partial charge in [0.05, 0.1) is 12.7 Å². The normalized spacial score (nSPS) is 10.6. The van der Waals surface area contributed by atoms with Gasteiger partial charge in [-0.2, -0.15) is 0 Å². The fourth-order valence-electron chi connectivity index (χ4n) is 3.65. The van der Waals surface area contributed by atoms with Crippen LogP contribution in [0, 0.1) is 0 Å². The van der Waals surface area contributed by atoms with Crippen molar-refractivity contribution in [3.63, 3.8) is 0 Å². The Hall–Kier alpha value is -4.23. The van der Waals surface area contributed by atoms with Gasteiger partial charge in [-0.3, -0.25) is 9.59 Å². The van der Waals surface area contributed by atoms with E-state index in [9.17, 15) is 9.59 Å². The number of hydrogen-bond acceptors (Lipinski definition) is 4. The second kappa shape index (κ2) is 10.8. The van der Waals surface area contributed by atoms with Crippen LogP contribution in [0.1, 0.15) is 37.5 Å². The molecule has 4 N–H and O–H groups in total. The maximum Gasteiger partial charge on any atom is 0.256 e. The number of halogens is 1. The predicted octanol–water partition coefficient (Wildman–Crippen LogP) is 5.20. The standard InChI is InChI=1S/C27H24ClN3O4/c1-34-24-11-10-18(13-19(24)16-35-22-9-5-8-20(28)14-22)27(33)31-26-23(25(29)32)15-21(30-26)12-17-6-3-2-4-7-17/h2-11,13-15,30H,12,16H2,1H3,(H2,29,32)(H,31,33). The number of hydrogen-bond donors (Lipinski definition) is 3. The fraction of sp³-hybridized carbons (Fsp3) is 0.111. The van der Waals surface area contributed by atoms with Crippen molar-refractivity contribution in [2.24, 2.45) is 5.73 Å². The van der Waals surface area contributed by atoms with Crippen LogP contribution in [0.5, 0.6) is 11.5 Å². The smallest absolute Gasteiger partial charge is 0.256 e. The van der Waals surface area contributed by atoms with Crippen molar-refractivity contribution in [1.29, 1.82) is 0 Å². The van der Waals surface area contributed by atoms with Crippen molar-refractivity contribution in [1.82, 2.24) is 4.98 Å². The molecule has 3 aromatic carbocycles. The van der Waals surface area contributed by atoms with Gasteiger partial charge in [-0.25, -0.2) is 0 Å². The number of rotatable bonds is 9. The van der Waals surface area contributed by atoms with Crippen molar-refractivity contribution in [2.75, 3.05) is 12.4 Å². The summed E-state index contributed by atoms with van der Waals surface area (Å²) >= 11 is 6.02. The number of ether oxygens (including phenoxy) is 2. The highest BCUT2D eigenvalue weighted by molar-refractivity contribution is 6.30. The number of carbonyl (C=O) groups is 2. The fourth-order valence-corrected chi connectivity index (χ4v) is 3.83. The molecule has 0 atom stereocenters. The second-order valence-electron chi connectivity index (χ2n) is 7.84. The Morgan fingerprint density at radius 2 is 1.80 bits per heavy atom. The van der Waals surface area contributed by atoms with E-state index in [4.69, 9.17) is 26.8 Å². The Morgan fingerprint density at radius 1 is 1.00 bits per heavy atom. The van der Waals surface area contributed by atoms with Crippen LogP contribution in [0.15, 0.2) is 78.9 Å². The zero-order chi connectivity index (χ0) is 24.8. The van der Waals surface area contributed by atoms with E-state index < -0.39 is 11.8 Å². The molecule has 0 unspecified atom stereocenters. The molecule has 1 aromatic heterocycles. The summed E-state index contributed by atoms with van der Waals surface area (Å²) in [5.41, 5.74) is 8.61. The molecule has 35 heavy (non-hydrogen) atoms. The van der Waals surface area contributed by atoms with E-state index in [1.165, 1.54) is 0 Å². The molecule has 0 spiro atoms. The molecule has 0 aliphatic heterocycles. The molecule has 0 fully saturated rings. The summed E-state index contributed by atoms with van der Waals surface area (Å²) in [5, 5.41) is 3.33. The molecule has 0 radical (unpaired) electrons. The van der Waals surface area contributed by atoms with Gasteiger partial charge in [0.25, 0.3) is 11.8 Å². The third-order valence-corrected chi connectivity index (χ3v) is 5.58. The van der Waals surface area contributed by atoms with Crippen LogP contribution >= 0.6 is 11.6 Å². The van der Waals surface area contributed by atoms with Crippen LogP contribution in [-0.4, -0.2) is 23.9 Å². The van der Waals surface area contributed by atoms with E-state index in [0.717, 1.165) is 11.3 Å². The number of H-pyrrole nitrogens is 1. The minimum atomic E-state index is -0.638. The predicted molar refractivity (Wildman–Crippen MR) is 135 cm³/mol. The van der Waals surface area contributed by atoms with Gasteiger partial charge in [-0.1, -0.05) is 48.0 Å². The van der Waals surface area contributed by atoms with E-state index in [1.54, 1.807) is 55.6 Å². The van der Waals surface area contributed by atoms with Crippen LogP contribution in [0.3, 0.4) is 0 Å². The van der Waals surface area contributed by atoms with Gasteiger partial charge in [-0.05, 0) is 48.0 Å². The number of aromatic nitrogens is 1. The summed E-state index contributed by atoms with van der Waals surface area (Å²) in [6, 6.07) is 23.5. The number of anilines is 1. The topological polar surface area (TPSA) is 106 Å². The Bertz CT molecular complexity index is 1350. The number of aromatic amines is 1. The summed E-state index contributed by atoms with van der Waals surface area (Å²) in [7, 11) is 1.55. The van der Waals surface area contributed by atoms with Gasteiger partial charge in [-0.15, -0.1) is 0 Å². The molecule has 7 nitrogen and oxygen atoms in total. The van der Waals surface area contributed by atoms with Crippen LogP contribution in [0.4, 0.5) is 5.82 Å². The van der Waals surface area contributed by atoms with Crippen molar-refractivity contribution in [3.05, 3.63) is 112 Å². The van der Waals surface area contributed by atoms with E-state index in [-0.39, 0.29) is 18.0 Å². The lowest BCUT2D eigenvalue weighted by atomic mass is 10.1. The molecule has 0 aliphatic rings. The number of primary amides is 1. The first kappa shape index (κ1) is 23.9. The molecule has 0 saturated heterocycles. The number of nitrogens with two attached hydrogens (primary N) is 1. The van der Waals surface area contributed by atoms with Gasteiger partial charge in [0.1, 0.15) is 23.9 Å². The average molecular weight is 490 g/mol. The van der Waals surface area contributed by atoms with E-state index in [2.05, 4.69) is 10.3 Å². The summed E-state index contributed by atoms with van der Waals surface area (Å²) in [6.45, 7) is 0.168. The van der Waals surface area contributed by atoms with Gasteiger partial charge in [0.15, 0.2) is 0 Å². The first-order chi connectivity index (χ1) is 16.9. The zero-order valence-electron chi connectivity index (χ0n) is 19.0. The molecule has 1 heterocycles. The molecule has 178 valence electrons. The highest BCUT2D eigenvalue weighted by atomic mass is 35.5. The lowest BCUT2D eigenvalue weighted by molar-refractivity contribution is 0.100. The third-order valence-electron chi connectivity index (χ3n) is 5.35. The van der Waals surface area contributed by atoms with Gasteiger partial charge < -0.3 is 25.5 Å². The van der Waals surface area contributed by atoms with Gasteiger partial charge >= 0.3 is 0 Å². The largest absolute Gasteiger partial charge is 0.496 e. The summed E-state index contributed by atoms with van der Waals surface area (Å²) < 4.78 is 11.2. The van der Waals surface area contributed by atoms with E-state index in [0.29, 0.717) is 34.1 Å². The number of amides is 2. The van der Waals surface area contributed by atoms with Crippen LogP contribution in [0.25, 0.3) is 0 Å². The summed E-state index contributed by atoms with van der Waals surface area (Å²) in [4.78, 5) is 28.1. The molecule has 4 aromatic rings. The lowest BCUT2D eigenvalue weighted by Crippen LogP contribution is -2.18. The van der Waals surface area contributed by atoms with Crippen molar-refractivity contribution >= 4 is 29.2 Å². The van der Waals surface area contributed by atoms with Crippen molar-refractivity contribution < 1.29 is 19.1 Å². The average Bonchev–Trinajstić information content (AvgIpc) is 3.25. The molecular weight excluding hydrogens is 466 g/mol. The Kier molecular flexibility index (Phi) is 7.38. The maximum atomic E-state index is 13.0. The van der Waals surface area contributed by atoms with Crippen LogP contribution in [-0.2, 0) is 13.0 Å². The quantitative estimate of drug-likeness (QED) is 0.300. The third kappa shape index (κ3) is 6.02. The van der Waals surface area contributed by atoms with E-state index >= 15 is 0 Å². The Morgan fingerprint density at radius 3 is 2.51 bits per heavy atom. The molecular formula is C27H24ClN3O4.